The number of hydrogen-bond acceptors (Lipinski definition) is 6. The van der Waals surface area contributed by atoms with Gasteiger partial charge in [-0.1, -0.05) is 37.1 Å². The van der Waals surface area contributed by atoms with Gasteiger partial charge in [-0.2, -0.15) is 0 Å². The lowest BCUT2D eigenvalue weighted by atomic mass is 10.1. The third-order valence-electron chi connectivity index (χ3n) is 4.99. The number of carbonyl (C=O) groups is 4. The van der Waals surface area contributed by atoms with Gasteiger partial charge in [0.1, 0.15) is 0 Å². The van der Waals surface area contributed by atoms with E-state index in [0.29, 0.717) is 35.1 Å². The summed E-state index contributed by atoms with van der Waals surface area (Å²) >= 11 is 0. The molecule has 0 saturated carbocycles. The second-order valence-electron chi connectivity index (χ2n) is 6.98. The molecule has 30 heavy (non-hydrogen) atoms. The molecule has 2 aliphatic rings. The maximum Gasteiger partial charge on any atom is 0.285 e. The van der Waals surface area contributed by atoms with Crippen LogP contribution in [0.25, 0.3) is 0 Å². The van der Waals surface area contributed by atoms with Crippen molar-refractivity contribution in [1.82, 2.24) is 10.1 Å². The van der Waals surface area contributed by atoms with Gasteiger partial charge in [0.15, 0.2) is 0 Å². The number of fused-ring (bicyclic) bond motifs is 2. The molecule has 0 unspecified atom stereocenters. The molecule has 4 rings (SSSR count). The standard InChI is InChI=1S/C22H20N2O6/c25-19-15-9-3-4-10-16(15)20(26)23(19)29-13-7-1-2-8-14-30-24-21(27)17-11-5-6-12-18(17)22(24)28/h3-6,9-12H,1-2,7-8,13-14H2. The summed E-state index contributed by atoms with van der Waals surface area (Å²) in [6, 6.07) is 13.2. The lowest BCUT2D eigenvalue weighted by Gasteiger charge is -2.14. The molecule has 0 atom stereocenters. The molecule has 0 radical (unpaired) electrons. The third-order valence-corrected chi connectivity index (χ3v) is 4.99. The van der Waals surface area contributed by atoms with Crippen molar-refractivity contribution in [2.24, 2.45) is 0 Å². The third kappa shape index (κ3) is 3.62. The van der Waals surface area contributed by atoms with E-state index < -0.39 is 23.6 Å². The van der Waals surface area contributed by atoms with E-state index in [4.69, 9.17) is 9.68 Å². The van der Waals surface area contributed by atoms with Gasteiger partial charge in [-0.05, 0) is 37.1 Å². The summed E-state index contributed by atoms with van der Waals surface area (Å²) in [5.41, 5.74) is 1.42. The summed E-state index contributed by atoms with van der Waals surface area (Å²) in [5.74, 6) is -1.76. The van der Waals surface area contributed by atoms with Crippen LogP contribution >= 0.6 is 0 Å². The normalized spacial score (nSPS) is 15.2. The van der Waals surface area contributed by atoms with Gasteiger partial charge in [-0.25, -0.2) is 0 Å². The fourth-order valence-electron chi connectivity index (χ4n) is 3.44. The van der Waals surface area contributed by atoms with Crippen LogP contribution in [0.15, 0.2) is 48.5 Å². The number of hydrogen-bond donors (Lipinski definition) is 0. The Balaban J connectivity index is 1.12. The zero-order chi connectivity index (χ0) is 21.1. The van der Waals surface area contributed by atoms with Crippen molar-refractivity contribution >= 4 is 23.6 Å². The van der Waals surface area contributed by atoms with Crippen molar-refractivity contribution in [2.75, 3.05) is 13.2 Å². The molecule has 0 aromatic heterocycles. The SMILES string of the molecule is O=C1c2ccccc2C(=O)N1OCCCCCCON1C(=O)c2ccccc2C1=O. The summed E-state index contributed by atoms with van der Waals surface area (Å²) in [6.07, 6.45) is 2.88. The van der Waals surface area contributed by atoms with Gasteiger partial charge >= 0.3 is 0 Å². The van der Waals surface area contributed by atoms with Crippen LogP contribution in [0.2, 0.25) is 0 Å². The van der Waals surface area contributed by atoms with Crippen molar-refractivity contribution in [2.45, 2.75) is 25.7 Å². The van der Waals surface area contributed by atoms with Gasteiger partial charge in [-0.3, -0.25) is 28.9 Å². The average molecular weight is 408 g/mol. The molecule has 4 amide bonds. The minimum absolute atomic E-state index is 0.241. The van der Waals surface area contributed by atoms with Crippen LogP contribution in [0.5, 0.6) is 0 Å². The van der Waals surface area contributed by atoms with Crippen LogP contribution in [0.1, 0.15) is 67.1 Å². The number of amides is 4. The second-order valence-corrected chi connectivity index (χ2v) is 6.98. The number of carbonyl (C=O) groups excluding carboxylic acids is 4. The van der Waals surface area contributed by atoms with Crippen molar-refractivity contribution in [3.05, 3.63) is 70.8 Å². The van der Waals surface area contributed by atoms with Gasteiger partial charge in [-0.15, -0.1) is 10.1 Å². The van der Waals surface area contributed by atoms with Gasteiger partial charge in [0.05, 0.1) is 35.5 Å². The van der Waals surface area contributed by atoms with E-state index in [2.05, 4.69) is 0 Å². The molecule has 2 aromatic rings. The first-order chi connectivity index (χ1) is 14.6. The van der Waals surface area contributed by atoms with Gasteiger partial charge in [0.2, 0.25) is 0 Å². The number of hydroxylamine groups is 4. The summed E-state index contributed by atoms with van der Waals surface area (Å²) in [5, 5.41) is 1.63. The number of benzene rings is 2. The van der Waals surface area contributed by atoms with E-state index in [1.807, 2.05) is 0 Å². The highest BCUT2D eigenvalue weighted by Gasteiger charge is 2.37. The Labute approximate surface area is 172 Å². The predicted octanol–water partition coefficient (Wildman–Crippen LogP) is 3.00. The smallest absolute Gasteiger partial charge is 0.266 e. The van der Waals surface area contributed by atoms with Crippen LogP contribution in [-0.4, -0.2) is 47.0 Å². The Morgan fingerprint density at radius 2 is 0.800 bits per heavy atom. The van der Waals surface area contributed by atoms with Crippen molar-refractivity contribution in [3.8, 4) is 0 Å². The molecular formula is C22H20N2O6. The van der Waals surface area contributed by atoms with Crippen LogP contribution in [0.4, 0.5) is 0 Å². The maximum atomic E-state index is 12.2. The summed E-state index contributed by atoms with van der Waals surface area (Å²) in [7, 11) is 0. The quantitative estimate of drug-likeness (QED) is 0.468. The largest absolute Gasteiger partial charge is 0.285 e. The van der Waals surface area contributed by atoms with E-state index in [1.54, 1.807) is 48.5 Å². The number of rotatable bonds is 9. The van der Waals surface area contributed by atoms with E-state index in [1.165, 1.54) is 0 Å². The monoisotopic (exact) mass is 408 g/mol. The first-order valence-electron chi connectivity index (χ1n) is 9.81. The van der Waals surface area contributed by atoms with Crippen LogP contribution in [0, 0.1) is 0 Å². The van der Waals surface area contributed by atoms with Gasteiger partial charge in [0, 0.05) is 0 Å². The van der Waals surface area contributed by atoms with Crippen molar-refractivity contribution in [3.63, 3.8) is 0 Å². The highest BCUT2D eigenvalue weighted by atomic mass is 16.7. The van der Waals surface area contributed by atoms with E-state index >= 15 is 0 Å². The maximum absolute atomic E-state index is 12.2. The number of unbranched alkanes of at least 4 members (excludes halogenated alkanes) is 3. The second kappa shape index (κ2) is 8.56. The highest BCUT2D eigenvalue weighted by molar-refractivity contribution is 6.21. The minimum atomic E-state index is -0.440. The first kappa shape index (κ1) is 19.9. The molecular weight excluding hydrogens is 388 g/mol. The molecule has 154 valence electrons. The molecule has 0 spiro atoms. The highest BCUT2D eigenvalue weighted by Crippen LogP contribution is 2.24. The molecule has 0 aliphatic carbocycles. The fourth-order valence-corrected chi connectivity index (χ4v) is 3.44. The molecule has 0 bridgehead atoms. The topological polar surface area (TPSA) is 93.2 Å². The molecule has 2 aromatic carbocycles. The zero-order valence-electron chi connectivity index (χ0n) is 16.2. The summed E-state index contributed by atoms with van der Waals surface area (Å²) in [6.45, 7) is 0.482. The fraction of sp³-hybridized carbons (Fsp3) is 0.273. The Morgan fingerprint density at radius 1 is 0.500 bits per heavy atom. The van der Waals surface area contributed by atoms with Gasteiger partial charge < -0.3 is 0 Å². The zero-order valence-corrected chi connectivity index (χ0v) is 16.2. The first-order valence-corrected chi connectivity index (χ1v) is 9.81. The van der Waals surface area contributed by atoms with Crippen molar-refractivity contribution in [1.29, 1.82) is 0 Å². The average Bonchev–Trinajstić information content (AvgIpc) is 3.16. The molecule has 0 N–H and O–H groups in total. The molecule has 0 saturated heterocycles. The van der Waals surface area contributed by atoms with E-state index in [9.17, 15) is 19.2 Å². The Bertz CT molecular complexity index is 867. The van der Waals surface area contributed by atoms with Crippen molar-refractivity contribution < 1.29 is 28.9 Å². The Hall–Kier alpha value is -3.36. The molecule has 8 nitrogen and oxygen atoms in total. The number of nitrogens with zero attached hydrogens (tertiary/aromatic N) is 2. The van der Waals surface area contributed by atoms with Crippen LogP contribution in [-0.2, 0) is 9.68 Å². The molecule has 8 heteroatoms. The van der Waals surface area contributed by atoms with Crippen LogP contribution in [0.3, 0.4) is 0 Å². The van der Waals surface area contributed by atoms with Gasteiger partial charge in [0.25, 0.3) is 23.6 Å². The molecule has 0 fully saturated rings. The molecule has 2 heterocycles. The summed E-state index contributed by atoms with van der Waals surface area (Å²) in [4.78, 5) is 59.4. The van der Waals surface area contributed by atoms with E-state index in [0.717, 1.165) is 23.0 Å². The lowest BCUT2D eigenvalue weighted by molar-refractivity contribution is -0.0952. The van der Waals surface area contributed by atoms with Crippen LogP contribution < -0.4 is 0 Å². The summed E-state index contributed by atoms with van der Waals surface area (Å²) < 4.78 is 0. The Morgan fingerprint density at radius 3 is 1.10 bits per heavy atom. The minimum Gasteiger partial charge on any atom is -0.266 e. The molecule has 2 aliphatic heterocycles. The lowest BCUT2D eigenvalue weighted by Crippen LogP contribution is -2.30. The number of imide groups is 2. The predicted molar refractivity (Wildman–Crippen MR) is 104 cm³/mol. The Kier molecular flexibility index (Phi) is 5.69. The van der Waals surface area contributed by atoms with E-state index in [-0.39, 0.29) is 13.2 Å².